The molecule has 3 N–H and O–H groups in total. The Kier molecular flexibility index (Phi) is 5.19. The Morgan fingerprint density at radius 2 is 1.93 bits per heavy atom. The van der Waals surface area contributed by atoms with Gasteiger partial charge >= 0.3 is 15.6 Å². The van der Waals surface area contributed by atoms with E-state index in [9.17, 15) is 9.13 Å². The van der Waals surface area contributed by atoms with E-state index in [2.05, 4.69) is 15.4 Å². The Morgan fingerprint density at radius 3 is 2.29 bits per heavy atom. The van der Waals surface area contributed by atoms with Gasteiger partial charge in [-0.1, -0.05) is 6.08 Å². The van der Waals surface area contributed by atoms with Gasteiger partial charge in [-0.05, 0) is 13.3 Å². The minimum Gasteiger partial charge on any atom is -0.302 e. The van der Waals surface area contributed by atoms with E-state index < -0.39 is 21.7 Å². The van der Waals surface area contributed by atoms with Gasteiger partial charge in [-0.15, -0.1) is 6.58 Å². The van der Waals surface area contributed by atoms with Crippen LogP contribution in [0.1, 0.15) is 13.3 Å². The number of phosphoric ester groups is 1. The van der Waals surface area contributed by atoms with Gasteiger partial charge in [-0.2, -0.15) is 4.31 Å². The lowest BCUT2D eigenvalue weighted by Crippen LogP contribution is -2.05. The molecule has 0 aromatic carbocycles. The molecule has 0 rings (SSSR count). The van der Waals surface area contributed by atoms with Gasteiger partial charge in [-0.25, -0.2) is 9.13 Å². The molecule has 0 aliphatic heterocycles. The molecule has 7 nitrogen and oxygen atoms in total. The maximum Gasteiger partial charge on any atom is 0.481 e. The van der Waals surface area contributed by atoms with Crippen LogP contribution < -0.4 is 0 Å². The molecule has 0 spiro atoms. The smallest absolute Gasteiger partial charge is 0.302 e. The predicted molar refractivity (Wildman–Crippen MR) is 48.3 cm³/mol. The van der Waals surface area contributed by atoms with Crippen LogP contribution in [0.25, 0.3) is 0 Å². The average Bonchev–Trinajstić information content (AvgIpc) is 1.78. The van der Waals surface area contributed by atoms with Crippen molar-refractivity contribution in [3.05, 3.63) is 12.7 Å². The fourth-order valence-electron chi connectivity index (χ4n) is 0.659. The van der Waals surface area contributed by atoms with Crippen LogP contribution >= 0.6 is 15.6 Å². The van der Waals surface area contributed by atoms with Crippen molar-refractivity contribution in [1.82, 2.24) is 0 Å². The van der Waals surface area contributed by atoms with E-state index in [1.807, 2.05) is 0 Å². The van der Waals surface area contributed by atoms with Crippen LogP contribution in [0.3, 0.4) is 0 Å². The highest BCUT2D eigenvalue weighted by molar-refractivity contribution is 7.60. The molecule has 0 aliphatic rings. The molecule has 0 saturated heterocycles. The van der Waals surface area contributed by atoms with Crippen molar-refractivity contribution in [2.75, 3.05) is 0 Å². The topological polar surface area (TPSA) is 113 Å². The Labute approximate surface area is 81.2 Å². The molecule has 2 atom stereocenters. The summed E-state index contributed by atoms with van der Waals surface area (Å²) in [6.07, 6.45) is 0.979. The molecule has 0 aliphatic carbocycles. The first-order valence-electron chi connectivity index (χ1n) is 3.55. The highest BCUT2D eigenvalue weighted by Crippen LogP contribution is 2.58. The summed E-state index contributed by atoms with van der Waals surface area (Å²) < 4.78 is 29.1. The van der Waals surface area contributed by atoms with E-state index in [1.165, 1.54) is 13.0 Å². The van der Waals surface area contributed by atoms with Crippen LogP contribution in [0.5, 0.6) is 0 Å². The van der Waals surface area contributed by atoms with Gasteiger partial charge in [-0.3, -0.25) is 4.52 Å². The summed E-state index contributed by atoms with van der Waals surface area (Å²) in [6.45, 7) is 4.80. The molecule has 0 aromatic heterocycles. The van der Waals surface area contributed by atoms with Crippen molar-refractivity contribution in [2.45, 2.75) is 19.4 Å². The Balaban J connectivity index is 4.27. The summed E-state index contributed by atoms with van der Waals surface area (Å²) in [7, 11) is -9.74. The molecule has 0 amide bonds. The van der Waals surface area contributed by atoms with Crippen molar-refractivity contribution in [1.29, 1.82) is 0 Å². The van der Waals surface area contributed by atoms with Crippen LogP contribution in [0, 0.1) is 0 Å². The first kappa shape index (κ1) is 14.0. The summed E-state index contributed by atoms with van der Waals surface area (Å²) in [5.41, 5.74) is 0. The SMILES string of the molecule is C=CCC(C)OP(=O)(O)OP(=O)(O)O. The lowest BCUT2D eigenvalue weighted by molar-refractivity contribution is 0.138. The third kappa shape index (κ3) is 7.41. The lowest BCUT2D eigenvalue weighted by Gasteiger charge is -2.16. The van der Waals surface area contributed by atoms with Crippen molar-refractivity contribution in [3.8, 4) is 0 Å². The van der Waals surface area contributed by atoms with Gasteiger partial charge in [0.05, 0.1) is 6.10 Å². The second-order valence-corrected chi connectivity index (χ2v) is 5.26. The van der Waals surface area contributed by atoms with E-state index in [0.717, 1.165) is 0 Å². The molecule has 9 heteroatoms. The molecule has 0 heterocycles. The number of phosphoric acid groups is 2. The molecule has 84 valence electrons. The largest absolute Gasteiger partial charge is 0.481 e. The molecular formula is C5H12O7P2. The van der Waals surface area contributed by atoms with E-state index in [4.69, 9.17) is 14.7 Å². The van der Waals surface area contributed by atoms with Gasteiger partial charge in [0.1, 0.15) is 0 Å². The molecule has 0 aromatic rings. The zero-order chi connectivity index (χ0) is 11.4. The standard InChI is InChI=1S/C5H12O7P2/c1-3-4-5(2)11-14(9,10)12-13(6,7)8/h3,5H,1,4H2,2H3,(H,9,10)(H2,6,7,8). The lowest BCUT2D eigenvalue weighted by atomic mass is 10.3. The van der Waals surface area contributed by atoms with Crippen molar-refractivity contribution in [2.24, 2.45) is 0 Å². The molecule has 0 bridgehead atoms. The van der Waals surface area contributed by atoms with E-state index >= 15 is 0 Å². The molecule has 14 heavy (non-hydrogen) atoms. The number of rotatable bonds is 6. The Bertz CT molecular complexity index is 282. The van der Waals surface area contributed by atoms with Gasteiger partial charge in [0.15, 0.2) is 0 Å². The third-order valence-electron chi connectivity index (χ3n) is 1.02. The maximum atomic E-state index is 10.9. The van der Waals surface area contributed by atoms with Crippen LogP contribution in [0.4, 0.5) is 0 Å². The van der Waals surface area contributed by atoms with Crippen LogP contribution in [-0.4, -0.2) is 20.8 Å². The molecule has 0 radical (unpaired) electrons. The van der Waals surface area contributed by atoms with Crippen LogP contribution in [0.15, 0.2) is 12.7 Å². The normalized spacial score (nSPS) is 18.6. The van der Waals surface area contributed by atoms with E-state index in [-0.39, 0.29) is 6.42 Å². The van der Waals surface area contributed by atoms with E-state index in [1.54, 1.807) is 0 Å². The highest BCUT2D eigenvalue weighted by Gasteiger charge is 2.33. The van der Waals surface area contributed by atoms with Crippen molar-refractivity contribution >= 4 is 15.6 Å². The third-order valence-corrected chi connectivity index (χ3v) is 3.32. The Hall–Kier alpha value is -0.0000000000000000416. The summed E-state index contributed by atoms with van der Waals surface area (Å²) in [6, 6.07) is 0. The fourth-order valence-corrected chi connectivity index (χ4v) is 2.43. The molecular weight excluding hydrogens is 234 g/mol. The summed E-state index contributed by atoms with van der Waals surface area (Å²) in [4.78, 5) is 25.3. The van der Waals surface area contributed by atoms with Crippen molar-refractivity contribution in [3.63, 3.8) is 0 Å². The van der Waals surface area contributed by atoms with Crippen LogP contribution in [-0.2, 0) is 18.0 Å². The second-order valence-electron chi connectivity index (χ2n) is 2.48. The van der Waals surface area contributed by atoms with Gasteiger partial charge in [0.2, 0.25) is 0 Å². The maximum absolute atomic E-state index is 10.9. The fraction of sp³-hybridized carbons (Fsp3) is 0.600. The zero-order valence-corrected chi connectivity index (χ0v) is 9.23. The van der Waals surface area contributed by atoms with Gasteiger partial charge in [0.25, 0.3) is 0 Å². The highest BCUT2D eigenvalue weighted by atomic mass is 31.3. The van der Waals surface area contributed by atoms with Crippen molar-refractivity contribution < 1.29 is 32.6 Å². The summed E-state index contributed by atoms with van der Waals surface area (Å²) in [5, 5.41) is 0. The summed E-state index contributed by atoms with van der Waals surface area (Å²) >= 11 is 0. The van der Waals surface area contributed by atoms with Crippen LogP contribution in [0.2, 0.25) is 0 Å². The van der Waals surface area contributed by atoms with Gasteiger partial charge in [0, 0.05) is 0 Å². The van der Waals surface area contributed by atoms with E-state index in [0.29, 0.717) is 0 Å². The first-order valence-corrected chi connectivity index (χ1v) is 6.58. The second kappa shape index (κ2) is 5.19. The minimum absolute atomic E-state index is 0.259. The zero-order valence-electron chi connectivity index (χ0n) is 7.44. The summed E-state index contributed by atoms with van der Waals surface area (Å²) in [5.74, 6) is 0. The number of hydrogen-bond acceptors (Lipinski definition) is 4. The average molecular weight is 246 g/mol. The minimum atomic E-state index is -5.03. The van der Waals surface area contributed by atoms with Gasteiger partial charge < -0.3 is 14.7 Å². The molecule has 0 saturated carbocycles. The molecule has 2 unspecified atom stereocenters. The monoisotopic (exact) mass is 246 g/mol. The Morgan fingerprint density at radius 1 is 1.43 bits per heavy atom. The first-order chi connectivity index (χ1) is 6.16. The molecule has 0 fully saturated rings. The predicted octanol–water partition coefficient (Wildman–Crippen LogP) is 1.18. The quantitative estimate of drug-likeness (QED) is 0.476. The number of hydrogen-bond donors (Lipinski definition) is 3.